The molecule has 0 bridgehead atoms. The molecule has 1 atom stereocenters. The number of hydrogen-bond acceptors (Lipinski definition) is 4. The summed E-state index contributed by atoms with van der Waals surface area (Å²) in [6.45, 7) is 1.80. The molecule has 2 aliphatic rings. The number of carbonyl (C=O) groups excluding carboxylic acids is 1. The molecule has 2 aliphatic heterocycles. The molecule has 1 saturated heterocycles. The highest BCUT2D eigenvalue weighted by Gasteiger charge is 2.28. The van der Waals surface area contributed by atoms with Crippen molar-refractivity contribution in [2.75, 3.05) is 18.8 Å². The smallest absolute Gasteiger partial charge is 0.248 e. The second-order valence-electron chi connectivity index (χ2n) is 3.68. The molecule has 2 heterocycles. The Labute approximate surface area is 87.9 Å². The first-order valence-electron chi connectivity index (χ1n) is 5.02. The molecule has 2 rings (SSSR count). The van der Waals surface area contributed by atoms with E-state index in [1.165, 1.54) is 18.2 Å². The predicted molar refractivity (Wildman–Crippen MR) is 58.3 cm³/mol. The first-order valence-corrected chi connectivity index (χ1v) is 6.01. The van der Waals surface area contributed by atoms with Gasteiger partial charge in [-0.25, -0.2) is 4.99 Å². The first kappa shape index (κ1) is 9.83. The molecule has 0 aromatic carbocycles. The van der Waals surface area contributed by atoms with Gasteiger partial charge in [-0.2, -0.15) is 0 Å². The van der Waals surface area contributed by atoms with Crippen LogP contribution in [0.25, 0.3) is 0 Å². The van der Waals surface area contributed by atoms with Crippen molar-refractivity contribution in [2.24, 2.45) is 10.7 Å². The van der Waals surface area contributed by atoms with Crippen LogP contribution in [0.3, 0.4) is 0 Å². The molecular formula is C9H15N3OS. The van der Waals surface area contributed by atoms with Gasteiger partial charge in [-0.3, -0.25) is 4.79 Å². The molecule has 0 radical (unpaired) electrons. The fourth-order valence-electron chi connectivity index (χ4n) is 1.84. The van der Waals surface area contributed by atoms with Crippen molar-refractivity contribution >= 4 is 22.8 Å². The van der Waals surface area contributed by atoms with Crippen LogP contribution < -0.4 is 5.73 Å². The highest BCUT2D eigenvalue weighted by molar-refractivity contribution is 8.14. The zero-order valence-corrected chi connectivity index (χ0v) is 8.92. The summed E-state index contributed by atoms with van der Waals surface area (Å²) >= 11 is 1.48. The number of likely N-dealkylation sites (tertiary alicyclic amines) is 1. The summed E-state index contributed by atoms with van der Waals surface area (Å²) < 4.78 is 0. The van der Waals surface area contributed by atoms with Crippen molar-refractivity contribution in [3.8, 4) is 0 Å². The van der Waals surface area contributed by atoms with Gasteiger partial charge >= 0.3 is 0 Å². The SMILES string of the molecule is NC1=NC(C(=O)N2CCCCC2)CS1. The van der Waals surface area contributed by atoms with E-state index < -0.39 is 0 Å². The van der Waals surface area contributed by atoms with Gasteiger partial charge in [0.2, 0.25) is 5.91 Å². The van der Waals surface area contributed by atoms with Gasteiger partial charge in [-0.15, -0.1) is 0 Å². The fourth-order valence-corrected chi connectivity index (χ4v) is 2.59. The van der Waals surface area contributed by atoms with Gasteiger partial charge in [0.05, 0.1) is 0 Å². The van der Waals surface area contributed by atoms with Crippen LogP contribution >= 0.6 is 11.8 Å². The van der Waals surface area contributed by atoms with Crippen LogP contribution in [0.1, 0.15) is 19.3 Å². The summed E-state index contributed by atoms with van der Waals surface area (Å²) in [4.78, 5) is 18.0. The lowest BCUT2D eigenvalue weighted by Gasteiger charge is -2.27. The predicted octanol–water partition coefficient (Wildman–Crippen LogP) is 0.429. The maximum atomic E-state index is 11.9. The van der Waals surface area contributed by atoms with Gasteiger partial charge < -0.3 is 10.6 Å². The van der Waals surface area contributed by atoms with Gasteiger partial charge in [-0.1, -0.05) is 11.8 Å². The molecule has 0 aliphatic carbocycles. The quantitative estimate of drug-likeness (QED) is 0.687. The molecule has 0 aromatic rings. The van der Waals surface area contributed by atoms with Crippen LogP contribution in [-0.2, 0) is 4.79 Å². The van der Waals surface area contributed by atoms with E-state index in [1.807, 2.05) is 4.90 Å². The highest BCUT2D eigenvalue weighted by atomic mass is 32.2. The number of aliphatic imine (C=N–C) groups is 1. The maximum Gasteiger partial charge on any atom is 0.248 e. The molecular weight excluding hydrogens is 198 g/mol. The van der Waals surface area contributed by atoms with Crippen LogP contribution in [0.5, 0.6) is 0 Å². The summed E-state index contributed by atoms with van der Waals surface area (Å²) in [5, 5.41) is 0.556. The van der Waals surface area contributed by atoms with Crippen molar-refractivity contribution in [1.29, 1.82) is 0 Å². The van der Waals surface area contributed by atoms with Gasteiger partial charge in [-0.05, 0) is 19.3 Å². The zero-order chi connectivity index (χ0) is 9.97. The van der Waals surface area contributed by atoms with E-state index in [4.69, 9.17) is 5.73 Å². The molecule has 1 amide bonds. The van der Waals surface area contributed by atoms with Crippen LogP contribution in [0, 0.1) is 0 Å². The number of thioether (sulfide) groups is 1. The summed E-state index contributed by atoms with van der Waals surface area (Å²) in [5.41, 5.74) is 5.53. The topological polar surface area (TPSA) is 58.7 Å². The Morgan fingerprint density at radius 2 is 2.14 bits per heavy atom. The Balaban J connectivity index is 1.94. The van der Waals surface area contributed by atoms with Crippen LogP contribution in [0.2, 0.25) is 0 Å². The minimum absolute atomic E-state index is 0.164. The molecule has 0 spiro atoms. The third-order valence-electron chi connectivity index (χ3n) is 2.62. The van der Waals surface area contributed by atoms with Crippen molar-refractivity contribution in [3.63, 3.8) is 0 Å². The zero-order valence-electron chi connectivity index (χ0n) is 8.11. The number of rotatable bonds is 1. The monoisotopic (exact) mass is 213 g/mol. The van der Waals surface area contributed by atoms with Gasteiger partial charge in [0.1, 0.15) is 6.04 Å². The molecule has 2 N–H and O–H groups in total. The number of piperidine rings is 1. The standard InChI is InChI=1S/C9H15N3OS/c10-9-11-7(6-14-9)8(13)12-4-2-1-3-5-12/h7H,1-6H2,(H2,10,11). The molecule has 1 fully saturated rings. The Morgan fingerprint density at radius 3 is 2.71 bits per heavy atom. The summed E-state index contributed by atoms with van der Waals surface area (Å²) in [5.74, 6) is 0.888. The van der Waals surface area contributed by atoms with Crippen molar-refractivity contribution in [1.82, 2.24) is 4.90 Å². The molecule has 4 nitrogen and oxygen atoms in total. The average molecular weight is 213 g/mol. The number of nitrogens with zero attached hydrogens (tertiary/aromatic N) is 2. The maximum absolute atomic E-state index is 11.9. The first-order chi connectivity index (χ1) is 6.77. The lowest BCUT2D eigenvalue weighted by atomic mass is 10.1. The van der Waals surface area contributed by atoms with Gasteiger partial charge in [0, 0.05) is 18.8 Å². The summed E-state index contributed by atoms with van der Waals surface area (Å²) in [6, 6.07) is -0.210. The largest absolute Gasteiger partial charge is 0.379 e. The van der Waals surface area contributed by atoms with Crippen LogP contribution in [0.15, 0.2) is 4.99 Å². The normalized spacial score (nSPS) is 27.6. The molecule has 14 heavy (non-hydrogen) atoms. The van der Waals surface area contributed by atoms with E-state index >= 15 is 0 Å². The van der Waals surface area contributed by atoms with E-state index in [-0.39, 0.29) is 11.9 Å². The second kappa shape index (κ2) is 4.21. The molecule has 78 valence electrons. The van der Waals surface area contributed by atoms with Crippen molar-refractivity contribution in [3.05, 3.63) is 0 Å². The average Bonchev–Trinajstić information content (AvgIpc) is 2.65. The molecule has 1 unspecified atom stereocenters. The summed E-state index contributed by atoms with van der Waals surface area (Å²) in [7, 11) is 0. The molecule has 5 heteroatoms. The lowest BCUT2D eigenvalue weighted by Crippen LogP contribution is -2.41. The lowest BCUT2D eigenvalue weighted by molar-refractivity contribution is -0.132. The number of amides is 1. The summed E-state index contributed by atoms with van der Waals surface area (Å²) in [6.07, 6.45) is 3.50. The second-order valence-corrected chi connectivity index (χ2v) is 4.72. The number of hydrogen-bond donors (Lipinski definition) is 1. The number of carbonyl (C=O) groups is 1. The van der Waals surface area contributed by atoms with Crippen LogP contribution in [-0.4, -0.2) is 40.9 Å². The van der Waals surface area contributed by atoms with E-state index in [1.54, 1.807) is 0 Å². The van der Waals surface area contributed by atoms with E-state index in [0.29, 0.717) is 5.17 Å². The fraction of sp³-hybridized carbons (Fsp3) is 0.778. The third-order valence-corrected chi connectivity index (χ3v) is 3.51. The van der Waals surface area contributed by atoms with Crippen molar-refractivity contribution in [2.45, 2.75) is 25.3 Å². The van der Waals surface area contributed by atoms with Gasteiger partial charge in [0.15, 0.2) is 5.17 Å². The Hall–Kier alpha value is -0.710. The van der Waals surface area contributed by atoms with Crippen molar-refractivity contribution < 1.29 is 4.79 Å². The minimum Gasteiger partial charge on any atom is -0.379 e. The van der Waals surface area contributed by atoms with E-state index in [9.17, 15) is 4.79 Å². The van der Waals surface area contributed by atoms with E-state index in [2.05, 4.69) is 4.99 Å². The molecule has 0 saturated carbocycles. The number of amidine groups is 1. The van der Waals surface area contributed by atoms with Crippen LogP contribution in [0.4, 0.5) is 0 Å². The minimum atomic E-state index is -0.210. The third kappa shape index (κ3) is 2.03. The Morgan fingerprint density at radius 1 is 1.43 bits per heavy atom. The highest BCUT2D eigenvalue weighted by Crippen LogP contribution is 2.19. The number of nitrogens with two attached hydrogens (primary N) is 1. The Bertz CT molecular complexity index is 261. The molecule has 0 aromatic heterocycles. The van der Waals surface area contributed by atoms with E-state index in [0.717, 1.165) is 31.7 Å². The van der Waals surface area contributed by atoms with Gasteiger partial charge in [0.25, 0.3) is 0 Å². The Kier molecular flexibility index (Phi) is 2.96.